The van der Waals surface area contributed by atoms with Gasteiger partial charge in [0.1, 0.15) is 29.4 Å². The Hall–Kier alpha value is -4.60. The first-order valence-electron chi connectivity index (χ1n) is 8.39. The molecule has 0 fully saturated rings. The SMILES string of the molecule is C#CCNc1ncnc2nc[nH]c12.c1nc(NCc2cn[nH]n2)c2[nH]cnc2n1. The van der Waals surface area contributed by atoms with Crippen molar-refractivity contribution in [3.8, 4) is 12.3 Å². The topological polar surface area (TPSA) is 175 Å². The maximum atomic E-state index is 5.11. The maximum absolute atomic E-state index is 5.11. The summed E-state index contributed by atoms with van der Waals surface area (Å²) < 4.78 is 0. The van der Waals surface area contributed by atoms with Crippen LogP contribution in [0.5, 0.6) is 0 Å². The molecular weight excluding hydrogens is 374 g/mol. The van der Waals surface area contributed by atoms with E-state index < -0.39 is 0 Å². The molecule has 5 rings (SSSR count). The highest BCUT2D eigenvalue weighted by molar-refractivity contribution is 5.82. The van der Waals surface area contributed by atoms with Gasteiger partial charge in [-0.2, -0.15) is 15.4 Å². The highest BCUT2D eigenvalue weighted by Gasteiger charge is 2.05. The van der Waals surface area contributed by atoms with Crippen LogP contribution in [0.25, 0.3) is 22.3 Å². The number of imidazole rings is 2. The molecule has 0 bridgehead atoms. The standard InChI is InChI=1S/C8H8N8.C8H7N5/c1(5-2-14-16-15-5)9-7-6-8(11-3-10-6)13-4-12-7;1-2-3-9-7-6-8(11-4-10-6)13-5-12-7/h2-4H,1H2,(H,14,15,16)(H2,9,10,11,12,13);1,4-5H,3H2,(H2,9,10,11,12,13). The molecule has 144 valence electrons. The zero-order valence-corrected chi connectivity index (χ0v) is 15.0. The minimum absolute atomic E-state index is 0.436. The van der Waals surface area contributed by atoms with Crippen LogP contribution in [0.4, 0.5) is 11.6 Å². The first-order chi connectivity index (χ1) is 14.3. The lowest BCUT2D eigenvalue weighted by atomic mass is 10.4. The van der Waals surface area contributed by atoms with Crippen LogP contribution in [-0.2, 0) is 6.54 Å². The quantitative estimate of drug-likeness (QED) is 0.266. The van der Waals surface area contributed by atoms with Gasteiger partial charge in [-0.25, -0.2) is 29.9 Å². The Morgan fingerprint density at radius 2 is 1.52 bits per heavy atom. The summed E-state index contributed by atoms with van der Waals surface area (Å²) in [5.41, 5.74) is 3.64. The number of aromatic nitrogens is 11. The number of hydrogen-bond acceptors (Lipinski definition) is 10. The highest BCUT2D eigenvalue weighted by atomic mass is 15.3. The number of aromatic amines is 3. The summed E-state index contributed by atoms with van der Waals surface area (Å²) in [6.07, 6.45) is 12.8. The van der Waals surface area contributed by atoms with Crippen LogP contribution in [0.2, 0.25) is 0 Å². The van der Waals surface area contributed by atoms with Gasteiger partial charge >= 0.3 is 0 Å². The number of hydrogen-bond donors (Lipinski definition) is 5. The number of rotatable bonds is 5. The lowest BCUT2D eigenvalue weighted by molar-refractivity contribution is 0.909. The Morgan fingerprint density at radius 3 is 2.10 bits per heavy atom. The van der Waals surface area contributed by atoms with E-state index in [4.69, 9.17) is 6.42 Å². The Morgan fingerprint density at radius 1 is 0.862 bits per heavy atom. The van der Waals surface area contributed by atoms with E-state index in [0.717, 1.165) is 16.7 Å². The molecule has 5 aromatic rings. The van der Waals surface area contributed by atoms with Gasteiger partial charge in [-0.3, -0.25) is 0 Å². The van der Waals surface area contributed by atoms with Crippen molar-refractivity contribution in [3.05, 3.63) is 37.2 Å². The molecule has 5 aromatic heterocycles. The van der Waals surface area contributed by atoms with Crippen LogP contribution in [0, 0.1) is 12.3 Å². The molecule has 13 nitrogen and oxygen atoms in total. The first-order valence-corrected chi connectivity index (χ1v) is 8.39. The molecule has 0 amide bonds. The van der Waals surface area contributed by atoms with Gasteiger partial charge in [-0.05, 0) is 0 Å². The Balaban J connectivity index is 0.000000145. The van der Waals surface area contributed by atoms with Crippen molar-refractivity contribution >= 4 is 34.0 Å². The highest BCUT2D eigenvalue weighted by Crippen LogP contribution is 2.15. The summed E-state index contributed by atoms with van der Waals surface area (Å²) >= 11 is 0. The third-order valence-electron chi connectivity index (χ3n) is 3.71. The van der Waals surface area contributed by atoms with E-state index in [1.54, 1.807) is 18.9 Å². The molecule has 0 saturated heterocycles. The molecule has 0 aliphatic rings. The fourth-order valence-electron chi connectivity index (χ4n) is 2.42. The molecule has 0 saturated carbocycles. The molecule has 13 heteroatoms. The summed E-state index contributed by atoms with van der Waals surface area (Å²) in [6, 6.07) is 0. The van der Waals surface area contributed by atoms with Gasteiger partial charge in [0.15, 0.2) is 22.9 Å². The van der Waals surface area contributed by atoms with E-state index in [0.29, 0.717) is 36.0 Å². The summed E-state index contributed by atoms with van der Waals surface area (Å²) in [4.78, 5) is 30.1. The van der Waals surface area contributed by atoms with Crippen LogP contribution in [0.15, 0.2) is 31.5 Å². The van der Waals surface area contributed by atoms with Gasteiger partial charge in [-0.15, -0.1) is 6.42 Å². The number of nitrogens with one attached hydrogen (secondary N) is 5. The number of anilines is 2. The van der Waals surface area contributed by atoms with E-state index >= 15 is 0 Å². The average Bonchev–Trinajstić information content (AvgIpc) is 3.52. The Kier molecular flexibility index (Phi) is 5.15. The van der Waals surface area contributed by atoms with Gasteiger partial charge in [0.25, 0.3) is 0 Å². The molecule has 0 atom stereocenters. The lowest BCUT2D eigenvalue weighted by Crippen LogP contribution is -2.02. The molecule has 0 spiro atoms. The van der Waals surface area contributed by atoms with Crippen LogP contribution in [-0.4, -0.2) is 61.8 Å². The Labute approximate surface area is 163 Å². The monoisotopic (exact) mass is 389 g/mol. The zero-order chi connectivity index (χ0) is 19.9. The molecular formula is C16H15N13. The number of fused-ring (bicyclic) bond motifs is 2. The summed E-state index contributed by atoms with van der Waals surface area (Å²) in [5.74, 6) is 3.85. The lowest BCUT2D eigenvalue weighted by Gasteiger charge is -2.02. The number of nitrogens with zero attached hydrogens (tertiary/aromatic N) is 8. The summed E-state index contributed by atoms with van der Waals surface area (Å²) in [6.45, 7) is 0.979. The van der Waals surface area contributed by atoms with Crippen molar-refractivity contribution in [1.29, 1.82) is 0 Å². The van der Waals surface area contributed by atoms with Gasteiger partial charge in [0, 0.05) is 0 Å². The summed E-state index contributed by atoms with van der Waals surface area (Å²) in [5, 5.41) is 16.3. The van der Waals surface area contributed by atoms with Gasteiger partial charge in [-0.1, -0.05) is 5.92 Å². The van der Waals surface area contributed by atoms with Crippen molar-refractivity contribution < 1.29 is 0 Å². The molecule has 0 radical (unpaired) electrons. The third kappa shape index (κ3) is 4.06. The van der Waals surface area contributed by atoms with Crippen molar-refractivity contribution in [3.63, 3.8) is 0 Å². The van der Waals surface area contributed by atoms with Crippen molar-refractivity contribution in [2.75, 3.05) is 17.2 Å². The maximum Gasteiger partial charge on any atom is 0.182 e. The van der Waals surface area contributed by atoms with E-state index in [9.17, 15) is 0 Å². The Bertz CT molecular complexity index is 1230. The fourth-order valence-corrected chi connectivity index (χ4v) is 2.42. The van der Waals surface area contributed by atoms with Crippen LogP contribution >= 0.6 is 0 Å². The van der Waals surface area contributed by atoms with Gasteiger partial charge < -0.3 is 20.6 Å². The molecule has 0 aliphatic heterocycles. The minimum Gasteiger partial charge on any atom is -0.362 e. The third-order valence-corrected chi connectivity index (χ3v) is 3.71. The molecule has 0 unspecified atom stereocenters. The number of H-pyrrole nitrogens is 3. The van der Waals surface area contributed by atoms with Gasteiger partial charge in [0.2, 0.25) is 0 Å². The predicted molar refractivity (Wildman–Crippen MR) is 104 cm³/mol. The van der Waals surface area contributed by atoms with Gasteiger partial charge in [0.05, 0.1) is 31.9 Å². The van der Waals surface area contributed by atoms with Crippen LogP contribution in [0.3, 0.4) is 0 Å². The number of terminal acetylenes is 1. The van der Waals surface area contributed by atoms with Crippen molar-refractivity contribution in [2.45, 2.75) is 6.54 Å². The fraction of sp³-hybridized carbons (Fsp3) is 0.125. The molecule has 5 N–H and O–H groups in total. The van der Waals surface area contributed by atoms with Crippen LogP contribution < -0.4 is 10.6 Å². The molecule has 0 aliphatic carbocycles. The zero-order valence-electron chi connectivity index (χ0n) is 15.0. The minimum atomic E-state index is 0.436. The predicted octanol–water partition coefficient (Wildman–Crippen LogP) is 0.481. The van der Waals surface area contributed by atoms with E-state index in [1.807, 2.05) is 0 Å². The van der Waals surface area contributed by atoms with Crippen molar-refractivity contribution in [1.82, 2.24) is 55.3 Å². The van der Waals surface area contributed by atoms with E-state index in [1.165, 1.54) is 12.7 Å². The normalized spacial score (nSPS) is 10.3. The smallest absolute Gasteiger partial charge is 0.182 e. The second-order valence-corrected chi connectivity index (χ2v) is 5.52. The molecule has 29 heavy (non-hydrogen) atoms. The molecule has 0 aromatic carbocycles. The first kappa shape index (κ1) is 17.8. The van der Waals surface area contributed by atoms with Crippen LogP contribution in [0.1, 0.15) is 5.69 Å². The summed E-state index contributed by atoms with van der Waals surface area (Å²) in [7, 11) is 0. The second kappa shape index (κ2) is 8.39. The largest absolute Gasteiger partial charge is 0.362 e. The van der Waals surface area contributed by atoms with Crippen molar-refractivity contribution in [2.24, 2.45) is 0 Å². The second-order valence-electron chi connectivity index (χ2n) is 5.52. The molecule has 5 heterocycles. The van der Waals surface area contributed by atoms with E-state index in [2.05, 4.69) is 71.8 Å². The average molecular weight is 389 g/mol. The van der Waals surface area contributed by atoms with E-state index in [-0.39, 0.29) is 0 Å².